The first-order chi connectivity index (χ1) is 12.4. The molecule has 0 saturated carbocycles. The molecule has 0 aliphatic carbocycles. The SMILES string of the molecule is C=Cc1ccccc1.O=S(=O)(O)O.c1ccc(Oc2ccccc2)cc1. The maximum Gasteiger partial charge on any atom is 0.394 e. The molecule has 3 aromatic carbocycles. The lowest BCUT2D eigenvalue weighted by Crippen LogP contribution is -1.89. The fourth-order valence-electron chi connectivity index (χ4n) is 1.70. The zero-order chi connectivity index (χ0) is 19.3. The van der Waals surface area contributed by atoms with Crippen molar-refractivity contribution < 1.29 is 22.3 Å². The Bertz CT molecular complexity index is 803. The van der Waals surface area contributed by atoms with Crippen molar-refractivity contribution in [2.24, 2.45) is 0 Å². The minimum Gasteiger partial charge on any atom is -0.457 e. The summed E-state index contributed by atoms with van der Waals surface area (Å²) in [6.45, 7) is 3.63. The van der Waals surface area contributed by atoms with Crippen molar-refractivity contribution in [2.75, 3.05) is 0 Å². The van der Waals surface area contributed by atoms with Gasteiger partial charge in [0.1, 0.15) is 11.5 Å². The number of ether oxygens (including phenoxy) is 1. The summed E-state index contributed by atoms with van der Waals surface area (Å²) < 4.78 is 37.2. The third kappa shape index (κ3) is 11.6. The number of rotatable bonds is 3. The quantitative estimate of drug-likeness (QED) is 0.621. The summed E-state index contributed by atoms with van der Waals surface area (Å²) in [5, 5.41) is 0. The molecule has 0 aliphatic heterocycles. The lowest BCUT2D eigenvalue weighted by molar-refractivity contribution is 0.381. The van der Waals surface area contributed by atoms with Crippen molar-refractivity contribution >= 4 is 16.5 Å². The van der Waals surface area contributed by atoms with E-state index in [1.807, 2.05) is 97.1 Å². The average molecular weight is 372 g/mol. The van der Waals surface area contributed by atoms with Gasteiger partial charge in [-0.25, -0.2) is 0 Å². The molecule has 0 heterocycles. The van der Waals surface area contributed by atoms with Gasteiger partial charge in [-0.1, -0.05) is 79.4 Å². The molecule has 0 spiro atoms. The molecule has 0 aliphatic rings. The van der Waals surface area contributed by atoms with Gasteiger partial charge in [-0.05, 0) is 29.8 Å². The highest BCUT2D eigenvalue weighted by Gasteiger charge is 1.92. The molecule has 136 valence electrons. The number of para-hydroxylation sites is 2. The van der Waals surface area contributed by atoms with Gasteiger partial charge in [0.2, 0.25) is 0 Å². The van der Waals surface area contributed by atoms with Gasteiger partial charge in [-0.2, -0.15) is 8.42 Å². The van der Waals surface area contributed by atoms with E-state index in [0.717, 1.165) is 11.5 Å². The summed E-state index contributed by atoms with van der Waals surface area (Å²) in [7, 11) is -4.67. The minimum atomic E-state index is -4.67. The Balaban J connectivity index is 0.000000223. The fraction of sp³-hybridized carbons (Fsp3) is 0. The zero-order valence-electron chi connectivity index (χ0n) is 14.0. The van der Waals surface area contributed by atoms with Crippen LogP contribution in [0.2, 0.25) is 0 Å². The van der Waals surface area contributed by atoms with Crippen molar-refractivity contribution in [3.8, 4) is 11.5 Å². The van der Waals surface area contributed by atoms with E-state index in [4.69, 9.17) is 22.3 Å². The van der Waals surface area contributed by atoms with Crippen molar-refractivity contribution in [3.05, 3.63) is 103 Å². The van der Waals surface area contributed by atoms with Crippen LogP contribution in [0.1, 0.15) is 5.56 Å². The van der Waals surface area contributed by atoms with Crippen LogP contribution in [0.4, 0.5) is 0 Å². The molecule has 3 aromatic rings. The second-order valence-electron chi connectivity index (χ2n) is 4.79. The highest BCUT2D eigenvalue weighted by Crippen LogP contribution is 2.19. The predicted octanol–water partition coefficient (Wildman–Crippen LogP) is 5.16. The maximum atomic E-state index is 8.74. The molecular formula is C20H20O5S. The summed E-state index contributed by atoms with van der Waals surface area (Å²) in [5.74, 6) is 1.74. The van der Waals surface area contributed by atoms with Crippen molar-refractivity contribution in [2.45, 2.75) is 0 Å². The predicted molar refractivity (Wildman–Crippen MR) is 104 cm³/mol. The van der Waals surface area contributed by atoms with Crippen LogP contribution < -0.4 is 4.74 Å². The molecule has 0 unspecified atom stereocenters. The first kappa shape index (κ1) is 21.1. The van der Waals surface area contributed by atoms with Crippen LogP contribution in [0.25, 0.3) is 6.08 Å². The topological polar surface area (TPSA) is 83.8 Å². The van der Waals surface area contributed by atoms with E-state index < -0.39 is 10.4 Å². The monoisotopic (exact) mass is 372 g/mol. The Kier molecular flexibility index (Phi) is 9.42. The van der Waals surface area contributed by atoms with Crippen LogP contribution in [0.5, 0.6) is 11.5 Å². The van der Waals surface area contributed by atoms with Crippen LogP contribution >= 0.6 is 0 Å². The van der Waals surface area contributed by atoms with Gasteiger partial charge in [0, 0.05) is 0 Å². The molecule has 0 fully saturated rings. The van der Waals surface area contributed by atoms with E-state index in [-0.39, 0.29) is 0 Å². The largest absolute Gasteiger partial charge is 0.457 e. The third-order valence-electron chi connectivity index (χ3n) is 2.76. The van der Waals surface area contributed by atoms with Gasteiger partial charge >= 0.3 is 10.4 Å². The Labute approximate surface area is 153 Å². The van der Waals surface area contributed by atoms with Crippen LogP contribution in [-0.2, 0) is 10.4 Å². The highest BCUT2D eigenvalue weighted by molar-refractivity contribution is 7.79. The molecule has 0 aromatic heterocycles. The zero-order valence-corrected chi connectivity index (χ0v) is 14.8. The second-order valence-corrected chi connectivity index (χ2v) is 5.69. The van der Waals surface area contributed by atoms with E-state index in [1.54, 1.807) is 0 Å². The molecule has 0 saturated heterocycles. The van der Waals surface area contributed by atoms with Gasteiger partial charge in [0.15, 0.2) is 0 Å². The first-order valence-corrected chi connectivity index (χ1v) is 8.93. The second kappa shape index (κ2) is 11.6. The first-order valence-electron chi connectivity index (χ1n) is 7.54. The van der Waals surface area contributed by atoms with Crippen LogP contribution in [0.3, 0.4) is 0 Å². The maximum absolute atomic E-state index is 8.74. The smallest absolute Gasteiger partial charge is 0.394 e. The van der Waals surface area contributed by atoms with Gasteiger partial charge < -0.3 is 4.74 Å². The van der Waals surface area contributed by atoms with Crippen molar-refractivity contribution in [1.29, 1.82) is 0 Å². The van der Waals surface area contributed by atoms with E-state index in [0.29, 0.717) is 0 Å². The molecule has 0 radical (unpaired) electrons. The summed E-state index contributed by atoms with van der Waals surface area (Å²) in [6, 6.07) is 29.5. The lowest BCUT2D eigenvalue weighted by Gasteiger charge is -2.03. The van der Waals surface area contributed by atoms with Crippen LogP contribution in [0, 0.1) is 0 Å². The molecule has 5 nitrogen and oxygen atoms in total. The summed E-state index contributed by atoms with van der Waals surface area (Å²) in [4.78, 5) is 0. The molecule has 3 rings (SSSR count). The fourth-order valence-corrected chi connectivity index (χ4v) is 1.70. The van der Waals surface area contributed by atoms with Gasteiger partial charge in [0.25, 0.3) is 0 Å². The minimum absolute atomic E-state index is 0.869. The lowest BCUT2D eigenvalue weighted by atomic mass is 10.2. The molecule has 26 heavy (non-hydrogen) atoms. The Morgan fingerprint density at radius 2 is 1.00 bits per heavy atom. The molecule has 0 atom stereocenters. The summed E-state index contributed by atoms with van der Waals surface area (Å²) >= 11 is 0. The van der Waals surface area contributed by atoms with Crippen LogP contribution in [0.15, 0.2) is 97.6 Å². The number of benzene rings is 3. The van der Waals surface area contributed by atoms with Gasteiger partial charge in [0.05, 0.1) is 0 Å². The molecule has 0 bridgehead atoms. The summed E-state index contributed by atoms with van der Waals surface area (Å²) in [6.07, 6.45) is 1.83. The van der Waals surface area contributed by atoms with Crippen LogP contribution in [-0.4, -0.2) is 17.5 Å². The van der Waals surface area contributed by atoms with Gasteiger partial charge in [-0.3, -0.25) is 9.11 Å². The molecule has 6 heteroatoms. The van der Waals surface area contributed by atoms with E-state index in [1.165, 1.54) is 5.56 Å². The Morgan fingerprint density at radius 3 is 1.27 bits per heavy atom. The number of hydrogen-bond donors (Lipinski definition) is 2. The van der Waals surface area contributed by atoms with E-state index in [2.05, 4.69) is 6.58 Å². The van der Waals surface area contributed by atoms with Gasteiger partial charge in [-0.15, -0.1) is 0 Å². The molecule has 0 amide bonds. The van der Waals surface area contributed by atoms with E-state index in [9.17, 15) is 0 Å². The normalized spacial score (nSPS) is 9.62. The standard InChI is InChI=1S/C12H10O.C8H8.H2O4S/c1-3-7-11(8-4-1)13-12-9-5-2-6-10-12;1-2-8-6-4-3-5-7-8;1-5(2,3)4/h1-10H;2-7H,1H2;(H2,1,2,3,4). The third-order valence-corrected chi connectivity index (χ3v) is 2.76. The van der Waals surface area contributed by atoms with Crippen molar-refractivity contribution in [1.82, 2.24) is 0 Å². The summed E-state index contributed by atoms with van der Waals surface area (Å²) in [5.41, 5.74) is 1.17. The Morgan fingerprint density at radius 1 is 0.692 bits per heavy atom. The molecular weight excluding hydrogens is 352 g/mol. The number of hydrogen-bond acceptors (Lipinski definition) is 3. The van der Waals surface area contributed by atoms with E-state index >= 15 is 0 Å². The average Bonchev–Trinajstić information content (AvgIpc) is 2.63. The molecule has 2 N–H and O–H groups in total. The highest BCUT2D eigenvalue weighted by atomic mass is 32.3. The van der Waals surface area contributed by atoms with Crippen molar-refractivity contribution in [3.63, 3.8) is 0 Å². The Hall–Kier alpha value is -2.93.